The van der Waals surface area contributed by atoms with Crippen molar-refractivity contribution in [1.82, 2.24) is 14.5 Å². The molecule has 0 spiro atoms. The molecule has 0 saturated heterocycles. The number of hydrogen-bond acceptors (Lipinski definition) is 3. The summed E-state index contributed by atoms with van der Waals surface area (Å²) in [6.07, 6.45) is 2.74. The van der Waals surface area contributed by atoms with Crippen LogP contribution in [0.25, 0.3) is 22.2 Å². The first-order valence-corrected chi connectivity index (χ1v) is 10.6. The zero-order valence-corrected chi connectivity index (χ0v) is 18.0. The van der Waals surface area contributed by atoms with Gasteiger partial charge in [-0.05, 0) is 38.5 Å². The lowest BCUT2D eigenvalue weighted by atomic mass is 10.0. The predicted octanol–water partition coefficient (Wildman–Crippen LogP) is 6.58. The van der Waals surface area contributed by atoms with Gasteiger partial charge in [-0.1, -0.05) is 24.3 Å². The molecule has 1 atom stereocenters. The topological polar surface area (TPSA) is 39.9 Å². The molecular weight excluding hydrogens is 434 g/mol. The van der Waals surface area contributed by atoms with Crippen molar-refractivity contribution >= 4 is 11.0 Å². The van der Waals surface area contributed by atoms with E-state index in [2.05, 4.69) is 9.97 Å². The van der Waals surface area contributed by atoms with Crippen LogP contribution in [0.4, 0.5) is 17.6 Å². The third-order valence-corrected chi connectivity index (χ3v) is 5.98. The average molecular weight is 455 g/mol. The first-order valence-electron chi connectivity index (χ1n) is 10.6. The molecule has 8 heteroatoms. The summed E-state index contributed by atoms with van der Waals surface area (Å²) in [5.74, 6) is 0.403. The molecule has 0 aliphatic carbocycles. The maximum Gasteiger partial charge on any atom is 0.387 e. The molecule has 0 fully saturated rings. The summed E-state index contributed by atoms with van der Waals surface area (Å²) in [4.78, 5) is 8.73. The van der Waals surface area contributed by atoms with E-state index in [4.69, 9.17) is 4.74 Å². The Labute approximate surface area is 187 Å². The summed E-state index contributed by atoms with van der Waals surface area (Å²) in [6.45, 7) is -0.114. The molecule has 0 bridgehead atoms. The molecule has 4 nitrogen and oxygen atoms in total. The van der Waals surface area contributed by atoms with Crippen LogP contribution in [-0.4, -0.2) is 21.1 Å². The summed E-state index contributed by atoms with van der Waals surface area (Å²) in [5.41, 5.74) is 1.27. The zero-order chi connectivity index (χ0) is 23.3. The normalized spacial score (nSPS) is 15.9. The highest BCUT2D eigenvalue weighted by molar-refractivity contribution is 5.83. The number of hydrogen-bond donors (Lipinski definition) is 0. The number of para-hydroxylation sites is 1. The lowest BCUT2D eigenvalue weighted by molar-refractivity contribution is -0.0506. The van der Waals surface area contributed by atoms with Gasteiger partial charge in [-0.15, -0.1) is 0 Å². The van der Waals surface area contributed by atoms with Crippen molar-refractivity contribution in [3.8, 4) is 16.9 Å². The van der Waals surface area contributed by atoms with Gasteiger partial charge in [0, 0.05) is 35.4 Å². The Bertz CT molecular complexity index is 1330. The van der Waals surface area contributed by atoms with E-state index in [0.717, 1.165) is 5.82 Å². The summed E-state index contributed by atoms with van der Waals surface area (Å²) >= 11 is 0. The van der Waals surface area contributed by atoms with Gasteiger partial charge in [-0.25, -0.2) is 13.8 Å². The largest absolute Gasteiger partial charge is 0.434 e. The second-order valence-corrected chi connectivity index (χ2v) is 8.59. The number of fused-ring (bicyclic) bond motifs is 3. The number of aryl methyl sites for hydroxylation is 1. The maximum absolute atomic E-state index is 15.0. The summed E-state index contributed by atoms with van der Waals surface area (Å²) in [7, 11) is 0. The van der Waals surface area contributed by atoms with E-state index in [1.807, 2.05) is 4.57 Å². The number of ether oxygens (including phenoxy) is 1. The number of halogens is 4. The first kappa shape index (κ1) is 21.4. The molecule has 0 N–H and O–H groups in total. The van der Waals surface area contributed by atoms with Crippen molar-refractivity contribution < 1.29 is 22.3 Å². The fourth-order valence-corrected chi connectivity index (χ4v) is 4.46. The van der Waals surface area contributed by atoms with Gasteiger partial charge in [0.2, 0.25) is 0 Å². The molecule has 170 valence electrons. The molecule has 0 unspecified atom stereocenters. The fraction of sp³-hybridized carbons (Fsp3) is 0.280. The average Bonchev–Trinajstić information content (AvgIpc) is 3.31. The Balaban J connectivity index is 1.61. The van der Waals surface area contributed by atoms with Crippen LogP contribution < -0.4 is 4.74 Å². The molecule has 4 aromatic rings. The molecule has 1 aliphatic heterocycles. The Hall–Kier alpha value is -3.42. The van der Waals surface area contributed by atoms with Gasteiger partial charge in [-0.3, -0.25) is 4.98 Å². The minimum absolute atomic E-state index is 0.114. The van der Waals surface area contributed by atoms with Crippen molar-refractivity contribution in [3.05, 3.63) is 77.6 Å². The van der Waals surface area contributed by atoms with Crippen molar-refractivity contribution in [1.29, 1.82) is 0 Å². The van der Waals surface area contributed by atoms with Gasteiger partial charge in [0.15, 0.2) is 0 Å². The van der Waals surface area contributed by atoms with E-state index in [0.29, 0.717) is 40.6 Å². The quantitative estimate of drug-likeness (QED) is 0.319. The third kappa shape index (κ3) is 3.83. The molecule has 2 aromatic carbocycles. The molecule has 2 aromatic heterocycles. The van der Waals surface area contributed by atoms with E-state index >= 15 is 0 Å². The van der Waals surface area contributed by atoms with Gasteiger partial charge in [0.25, 0.3) is 0 Å². The molecular formula is C25H21F4N3O. The van der Waals surface area contributed by atoms with E-state index in [1.165, 1.54) is 32.2 Å². The van der Waals surface area contributed by atoms with Crippen molar-refractivity contribution in [3.63, 3.8) is 0 Å². The zero-order valence-electron chi connectivity index (χ0n) is 18.0. The van der Waals surface area contributed by atoms with Crippen molar-refractivity contribution in [2.45, 2.75) is 45.0 Å². The highest BCUT2D eigenvalue weighted by atomic mass is 19.3. The Morgan fingerprint density at radius 1 is 1.12 bits per heavy atom. The lowest BCUT2D eigenvalue weighted by Gasteiger charge is -2.19. The first-order chi connectivity index (χ1) is 15.7. The molecule has 33 heavy (non-hydrogen) atoms. The number of imidazole rings is 1. The van der Waals surface area contributed by atoms with Gasteiger partial charge in [0.1, 0.15) is 23.1 Å². The number of benzene rings is 2. The summed E-state index contributed by atoms with van der Waals surface area (Å²) < 4.78 is 61.7. The van der Waals surface area contributed by atoms with Gasteiger partial charge < -0.3 is 9.30 Å². The number of aromatic nitrogens is 3. The molecule has 0 amide bonds. The minimum Gasteiger partial charge on any atom is -0.434 e. The van der Waals surface area contributed by atoms with Gasteiger partial charge in [0.05, 0.1) is 22.8 Å². The lowest BCUT2D eigenvalue weighted by Crippen LogP contribution is -2.11. The minimum atomic E-state index is -2.93. The van der Waals surface area contributed by atoms with Crippen LogP contribution in [0.5, 0.6) is 5.75 Å². The monoisotopic (exact) mass is 455 g/mol. The second kappa shape index (κ2) is 7.86. The third-order valence-electron chi connectivity index (χ3n) is 5.98. The highest BCUT2D eigenvalue weighted by Gasteiger charge is 2.30. The second-order valence-electron chi connectivity index (χ2n) is 8.59. The van der Waals surface area contributed by atoms with E-state index < -0.39 is 18.1 Å². The summed E-state index contributed by atoms with van der Waals surface area (Å²) in [6, 6.07) is 12.7. The van der Waals surface area contributed by atoms with E-state index in [-0.39, 0.29) is 17.5 Å². The Morgan fingerprint density at radius 2 is 1.91 bits per heavy atom. The van der Waals surface area contributed by atoms with E-state index in [9.17, 15) is 17.6 Å². The van der Waals surface area contributed by atoms with Crippen LogP contribution >= 0.6 is 0 Å². The van der Waals surface area contributed by atoms with Crippen molar-refractivity contribution in [2.24, 2.45) is 0 Å². The van der Waals surface area contributed by atoms with Crippen LogP contribution in [0, 0.1) is 5.82 Å². The van der Waals surface area contributed by atoms with Crippen LogP contribution in [0.1, 0.15) is 43.4 Å². The highest BCUT2D eigenvalue weighted by Crippen LogP contribution is 2.41. The molecule has 1 aliphatic rings. The molecule has 0 saturated carbocycles. The fourth-order valence-electron chi connectivity index (χ4n) is 4.46. The number of alkyl halides is 3. The Kier molecular flexibility index (Phi) is 5.11. The molecule has 3 heterocycles. The van der Waals surface area contributed by atoms with Gasteiger partial charge >= 0.3 is 6.61 Å². The van der Waals surface area contributed by atoms with Crippen LogP contribution in [0.2, 0.25) is 0 Å². The smallest absolute Gasteiger partial charge is 0.387 e. The van der Waals surface area contributed by atoms with Gasteiger partial charge in [-0.2, -0.15) is 8.78 Å². The predicted molar refractivity (Wildman–Crippen MR) is 117 cm³/mol. The SMILES string of the molecule is CC(C)(F)c1ccc(-c2cc3c(cc2F)nc2n3[C@@H](c3ccccc3OC(F)F)CC2)cn1. The number of rotatable bonds is 5. The van der Waals surface area contributed by atoms with Crippen LogP contribution in [0.15, 0.2) is 54.7 Å². The molecule has 0 radical (unpaired) electrons. The number of pyridine rings is 1. The van der Waals surface area contributed by atoms with Crippen LogP contribution in [-0.2, 0) is 12.1 Å². The Morgan fingerprint density at radius 3 is 2.61 bits per heavy atom. The van der Waals surface area contributed by atoms with Crippen LogP contribution in [0.3, 0.4) is 0 Å². The molecule has 5 rings (SSSR count). The summed E-state index contributed by atoms with van der Waals surface area (Å²) in [5, 5.41) is 0. The van der Waals surface area contributed by atoms with E-state index in [1.54, 1.807) is 36.4 Å². The number of nitrogens with zero attached hydrogens (tertiary/aromatic N) is 3. The standard InChI is InChI=1S/C25H21F4N3O/c1-25(2,29)22-9-7-14(13-30-22)16-11-20-18(12-17(16)26)31-23-10-8-19(32(20)23)15-5-3-4-6-21(15)33-24(27)28/h3-7,9,11-13,19,24H,8,10H2,1-2H3/t19-/m1/s1. The van der Waals surface area contributed by atoms with Crippen molar-refractivity contribution in [2.75, 3.05) is 0 Å². The maximum atomic E-state index is 15.0.